The Hall–Kier alpha value is -0.980. The van der Waals surface area contributed by atoms with E-state index in [2.05, 4.69) is 15.5 Å². The fourth-order valence-corrected chi connectivity index (χ4v) is 3.30. The van der Waals surface area contributed by atoms with E-state index < -0.39 is 0 Å². The first-order valence-corrected chi connectivity index (χ1v) is 8.02. The number of hydrogen-bond donors (Lipinski definition) is 1. The predicted molar refractivity (Wildman–Crippen MR) is 77.0 cm³/mol. The van der Waals surface area contributed by atoms with Gasteiger partial charge in [0.2, 0.25) is 11.7 Å². The van der Waals surface area contributed by atoms with Crippen LogP contribution in [0, 0.1) is 0 Å². The number of methoxy groups -OCH3 is 1. The van der Waals surface area contributed by atoms with Gasteiger partial charge in [0, 0.05) is 26.1 Å². The molecular weight excluding hydrogens is 270 g/mol. The molecule has 1 aliphatic heterocycles. The molecule has 1 N–H and O–H groups in total. The molecule has 0 aromatic carbocycles. The van der Waals surface area contributed by atoms with Crippen molar-refractivity contribution in [1.29, 1.82) is 0 Å². The van der Waals surface area contributed by atoms with E-state index in [-0.39, 0.29) is 11.6 Å². The molecule has 1 unspecified atom stereocenters. The van der Waals surface area contributed by atoms with E-state index in [0.29, 0.717) is 18.9 Å². The average Bonchev–Trinajstić information content (AvgIpc) is 2.85. The fraction of sp³-hybridized carbons (Fsp3) is 0.867. The van der Waals surface area contributed by atoms with E-state index in [4.69, 9.17) is 14.0 Å². The van der Waals surface area contributed by atoms with Crippen molar-refractivity contribution in [2.75, 3.05) is 26.9 Å². The fourth-order valence-electron chi connectivity index (χ4n) is 3.30. The number of hydrogen-bond acceptors (Lipinski definition) is 6. The second-order valence-electron chi connectivity index (χ2n) is 6.05. The van der Waals surface area contributed by atoms with Crippen molar-refractivity contribution in [3.05, 3.63) is 11.7 Å². The Kier molecular flexibility index (Phi) is 4.87. The summed E-state index contributed by atoms with van der Waals surface area (Å²) in [6.45, 7) is 2.36. The number of rotatable bonds is 4. The Bertz CT molecular complexity index is 435. The maximum absolute atomic E-state index is 5.82. The van der Waals surface area contributed by atoms with Crippen molar-refractivity contribution in [1.82, 2.24) is 15.5 Å². The second kappa shape index (κ2) is 6.85. The van der Waals surface area contributed by atoms with Crippen LogP contribution in [0.3, 0.4) is 0 Å². The van der Waals surface area contributed by atoms with E-state index in [1.54, 1.807) is 7.11 Å². The number of morpholine rings is 1. The van der Waals surface area contributed by atoms with Crippen molar-refractivity contribution < 1.29 is 14.0 Å². The minimum absolute atomic E-state index is 0.264. The average molecular weight is 295 g/mol. The maximum atomic E-state index is 5.82. The Balaban J connectivity index is 1.69. The normalized spacial score (nSPS) is 26.4. The molecule has 1 atom stereocenters. The summed E-state index contributed by atoms with van der Waals surface area (Å²) < 4.78 is 16.7. The number of nitrogens with one attached hydrogen (secondary N) is 1. The van der Waals surface area contributed by atoms with Crippen molar-refractivity contribution >= 4 is 0 Å². The monoisotopic (exact) mass is 295 g/mol. The first kappa shape index (κ1) is 14.9. The molecule has 1 saturated carbocycles. The van der Waals surface area contributed by atoms with Gasteiger partial charge in [-0.05, 0) is 12.8 Å². The first-order chi connectivity index (χ1) is 10.3. The smallest absolute Gasteiger partial charge is 0.228 e. The standard InChI is InChI=1S/C15H25N3O3/c1-19-15(6-4-2-3-5-7-15)14-17-13(21-18-14)10-12-11-20-9-8-16-12/h12,16H,2-11H2,1H3. The van der Waals surface area contributed by atoms with Gasteiger partial charge in [-0.15, -0.1) is 0 Å². The molecule has 0 radical (unpaired) electrons. The maximum Gasteiger partial charge on any atom is 0.228 e. The van der Waals surface area contributed by atoms with Crippen molar-refractivity contribution in [3.63, 3.8) is 0 Å². The molecule has 2 aliphatic rings. The summed E-state index contributed by atoms with van der Waals surface area (Å²) in [7, 11) is 1.76. The van der Waals surface area contributed by atoms with E-state index in [0.717, 1.165) is 44.7 Å². The highest BCUT2D eigenvalue weighted by atomic mass is 16.5. The Morgan fingerprint density at radius 2 is 2.10 bits per heavy atom. The lowest BCUT2D eigenvalue weighted by Gasteiger charge is -2.27. The van der Waals surface area contributed by atoms with Gasteiger partial charge in [0.1, 0.15) is 5.60 Å². The zero-order valence-electron chi connectivity index (χ0n) is 12.8. The summed E-state index contributed by atoms with van der Waals surface area (Å²) in [5, 5.41) is 7.62. The van der Waals surface area contributed by atoms with E-state index in [9.17, 15) is 0 Å². The Morgan fingerprint density at radius 1 is 1.29 bits per heavy atom. The molecule has 0 amide bonds. The molecule has 2 heterocycles. The summed E-state index contributed by atoms with van der Waals surface area (Å²) in [6, 6.07) is 0.264. The molecule has 3 rings (SSSR count). The number of ether oxygens (including phenoxy) is 2. The highest BCUT2D eigenvalue weighted by Crippen LogP contribution is 2.37. The molecule has 1 aliphatic carbocycles. The van der Waals surface area contributed by atoms with Crippen LogP contribution in [0.5, 0.6) is 0 Å². The third kappa shape index (κ3) is 3.44. The molecule has 118 valence electrons. The van der Waals surface area contributed by atoms with Gasteiger partial charge in [0.25, 0.3) is 0 Å². The van der Waals surface area contributed by atoms with Gasteiger partial charge in [0.05, 0.1) is 13.2 Å². The SMILES string of the molecule is COC1(c2noc(CC3COCCN3)n2)CCCCCC1. The quantitative estimate of drug-likeness (QED) is 0.854. The minimum Gasteiger partial charge on any atom is -0.378 e. The molecule has 6 nitrogen and oxygen atoms in total. The topological polar surface area (TPSA) is 69.4 Å². The minimum atomic E-state index is -0.352. The lowest BCUT2D eigenvalue weighted by Crippen LogP contribution is -2.42. The van der Waals surface area contributed by atoms with Crippen LogP contribution in [0.25, 0.3) is 0 Å². The van der Waals surface area contributed by atoms with Gasteiger partial charge in [0.15, 0.2) is 0 Å². The van der Waals surface area contributed by atoms with E-state index in [1.165, 1.54) is 12.8 Å². The summed E-state index contributed by atoms with van der Waals surface area (Å²) in [5.74, 6) is 1.40. The van der Waals surface area contributed by atoms with Gasteiger partial charge >= 0.3 is 0 Å². The molecule has 21 heavy (non-hydrogen) atoms. The van der Waals surface area contributed by atoms with Crippen LogP contribution in [0.1, 0.15) is 50.2 Å². The zero-order valence-corrected chi connectivity index (χ0v) is 12.8. The lowest BCUT2D eigenvalue weighted by molar-refractivity contribution is -0.0365. The van der Waals surface area contributed by atoms with Crippen molar-refractivity contribution in [2.24, 2.45) is 0 Å². The molecule has 1 saturated heterocycles. The second-order valence-corrected chi connectivity index (χ2v) is 6.05. The molecule has 0 bridgehead atoms. The van der Waals surface area contributed by atoms with Crippen LogP contribution in [-0.4, -0.2) is 43.1 Å². The Morgan fingerprint density at radius 3 is 2.76 bits per heavy atom. The molecule has 6 heteroatoms. The van der Waals surface area contributed by atoms with Crippen molar-refractivity contribution in [2.45, 2.75) is 56.6 Å². The predicted octanol–water partition coefficient (Wildman–Crippen LogP) is 1.80. The lowest BCUT2D eigenvalue weighted by atomic mass is 9.93. The molecule has 0 spiro atoms. The molecular formula is C15H25N3O3. The van der Waals surface area contributed by atoms with Crippen LogP contribution >= 0.6 is 0 Å². The highest BCUT2D eigenvalue weighted by molar-refractivity contribution is 5.03. The van der Waals surface area contributed by atoms with Crippen LogP contribution in [-0.2, 0) is 21.5 Å². The van der Waals surface area contributed by atoms with E-state index >= 15 is 0 Å². The highest BCUT2D eigenvalue weighted by Gasteiger charge is 2.37. The summed E-state index contributed by atoms with van der Waals surface area (Å²) in [4.78, 5) is 4.61. The van der Waals surface area contributed by atoms with Crippen molar-refractivity contribution in [3.8, 4) is 0 Å². The zero-order chi connectivity index (χ0) is 14.5. The van der Waals surface area contributed by atoms with Crippen LogP contribution in [0.15, 0.2) is 4.52 Å². The summed E-state index contributed by atoms with van der Waals surface area (Å²) >= 11 is 0. The first-order valence-electron chi connectivity index (χ1n) is 8.02. The van der Waals surface area contributed by atoms with Gasteiger partial charge < -0.3 is 19.3 Å². The van der Waals surface area contributed by atoms with Gasteiger partial charge in [-0.2, -0.15) is 4.98 Å². The third-order valence-electron chi connectivity index (χ3n) is 4.60. The van der Waals surface area contributed by atoms with Crippen LogP contribution in [0.4, 0.5) is 0 Å². The van der Waals surface area contributed by atoms with Gasteiger partial charge in [-0.3, -0.25) is 0 Å². The van der Waals surface area contributed by atoms with Crippen LogP contribution in [0.2, 0.25) is 0 Å². The Labute approximate surface area is 125 Å². The molecule has 1 aromatic rings. The molecule has 1 aromatic heterocycles. The summed E-state index contributed by atoms with van der Waals surface area (Å²) in [6.07, 6.45) is 7.52. The molecule has 2 fully saturated rings. The number of aromatic nitrogens is 2. The van der Waals surface area contributed by atoms with Crippen LogP contribution < -0.4 is 5.32 Å². The third-order valence-corrected chi connectivity index (χ3v) is 4.60. The largest absolute Gasteiger partial charge is 0.378 e. The van der Waals surface area contributed by atoms with E-state index in [1.807, 2.05) is 0 Å². The number of nitrogens with zero attached hydrogens (tertiary/aromatic N) is 2. The summed E-state index contributed by atoms with van der Waals surface area (Å²) in [5.41, 5.74) is -0.352. The van der Waals surface area contributed by atoms with Gasteiger partial charge in [-0.25, -0.2) is 0 Å². The van der Waals surface area contributed by atoms with Gasteiger partial charge in [-0.1, -0.05) is 30.8 Å².